The fourth-order valence-corrected chi connectivity index (χ4v) is 3.84. The van der Waals surface area contributed by atoms with Crippen LogP contribution in [-0.2, 0) is 17.6 Å². The van der Waals surface area contributed by atoms with Crippen LogP contribution in [0.1, 0.15) is 21.6 Å². The Balaban J connectivity index is 1.41. The number of hydrogen-bond acceptors (Lipinski definition) is 8. The lowest BCUT2D eigenvalue weighted by molar-refractivity contribution is -0.139. The van der Waals surface area contributed by atoms with Crippen molar-refractivity contribution in [2.75, 3.05) is 18.8 Å². The van der Waals surface area contributed by atoms with Gasteiger partial charge in [-0.1, -0.05) is 6.07 Å². The summed E-state index contributed by atoms with van der Waals surface area (Å²) < 4.78 is 11.1. The van der Waals surface area contributed by atoms with Crippen molar-refractivity contribution < 1.29 is 29.1 Å². The SMILES string of the molecule is Nc1nc(CC(=O)N2CC(Oc3ccc4c(c3C(=O)O)OB(O)CC4)C2)cs1. The van der Waals surface area contributed by atoms with Crippen LogP contribution >= 0.6 is 11.3 Å². The molecule has 11 heteroatoms. The number of carboxylic acid groups (broad SMARTS) is 1. The average Bonchev–Trinajstić information content (AvgIpc) is 3.01. The molecule has 4 N–H and O–H groups in total. The Bertz CT molecular complexity index is 930. The lowest BCUT2D eigenvalue weighted by Crippen LogP contribution is -2.56. The maximum absolute atomic E-state index is 12.3. The minimum atomic E-state index is -1.19. The van der Waals surface area contributed by atoms with Gasteiger partial charge in [0.05, 0.1) is 25.2 Å². The molecule has 2 aliphatic heterocycles. The summed E-state index contributed by atoms with van der Waals surface area (Å²) in [5.41, 5.74) is 6.83. The molecule has 28 heavy (non-hydrogen) atoms. The molecule has 1 aromatic heterocycles. The summed E-state index contributed by atoms with van der Waals surface area (Å²) in [6, 6.07) is 3.35. The molecule has 2 aliphatic rings. The fraction of sp³-hybridized carbons (Fsp3) is 0.353. The summed E-state index contributed by atoms with van der Waals surface area (Å²) in [7, 11) is -1.03. The minimum Gasteiger partial charge on any atom is -0.535 e. The van der Waals surface area contributed by atoms with Gasteiger partial charge < -0.3 is 30.2 Å². The number of amides is 1. The van der Waals surface area contributed by atoms with Crippen LogP contribution < -0.4 is 15.1 Å². The maximum Gasteiger partial charge on any atom is 0.522 e. The fourth-order valence-electron chi connectivity index (χ4n) is 3.28. The summed E-state index contributed by atoms with van der Waals surface area (Å²) in [5, 5.41) is 21.5. The van der Waals surface area contributed by atoms with Gasteiger partial charge in [0, 0.05) is 5.38 Å². The lowest BCUT2D eigenvalue weighted by Gasteiger charge is -2.39. The van der Waals surface area contributed by atoms with E-state index in [1.54, 1.807) is 22.4 Å². The van der Waals surface area contributed by atoms with E-state index in [0.717, 1.165) is 5.56 Å². The Morgan fingerprint density at radius 1 is 1.43 bits per heavy atom. The van der Waals surface area contributed by atoms with Crippen LogP contribution in [0.15, 0.2) is 17.5 Å². The molecule has 0 unspecified atom stereocenters. The second kappa shape index (κ2) is 7.32. The van der Waals surface area contributed by atoms with Crippen molar-refractivity contribution in [2.24, 2.45) is 0 Å². The predicted molar refractivity (Wildman–Crippen MR) is 102 cm³/mol. The van der Waals surface area contributed by atoms with Crippen LogP contribution in [0.25, 0.3) is 0 Å². The minimum absolute atomic E-state index is 0.0829. The van der Waals surface area contributed by atoms with Gasteiger partial charge in [-0.3, -0.25) is 4.79 Å². The van der Waals surface area contributed by atoms with Gasteiger partial charge in [0.1, 0.15) is 23.2 Å². The Hall–Kier alpha value is -2.79. The van der Waals surface area contributed by atoms with E-state index in [-0.39, 0.29) is 35.5 Å². The number of fused-ring (bicyclic) bond motifs is 1. The molecular formula is C17H18BN3O6S. The van der Waals surface area contributed by atoms with Gasteiger partial charge in [-0.2, -0.15) is 0 Å². The molecule has 0 radical (unpaired) electrons. The molecule has 1 saturated heterocycles. The van der Waals surface area contributed by atoms with Gasteiger partial charge in [-0.15, -0.1) is 11.3 Å². The van der Waals surface area contributed by atoms with Crippen LogP contribution in [0.4, 0.5) is 5.13 Å². The smallest absolute Gasteiger partial charge is 0.522 e. The van der Waals surface area contributed by atoms with E-state index < -0.39 is 13.1 Å². The highest BCUT2D eigenvalue weighted by Crippen LogP contribution is 2.37. The highest BCUT2D eigenvalue weighted by molar-refractivity contribution is 7.13. The Kier molecular flexibility index (Phi) is 4.86. The van der Waals surface area contributed by atoms with Crippen LogP contribution in [0.5, 0.6) is 11.5 Å². The molecular weight excluding hydrogens is 385 g/mol. The quantitative estimate of drug-likeness (QED) is 0.620. The first-order valence-electron chi connectivity index (χ1n) is 8.79. The molecule has 146 valence electrons. The second-order valence-electron chi connectivity index (χ2n) is 6.74. The molecule has 0 bridgehead atoms. The monoisotopic (exact) mass is 403 g/mol. The Labute approximate surface area is 164 Å². The first-order chi connectivity index (χ1) is 13.4. The molecule has 0 atom stereocenters. The third-order valence-corrected chi connectivity index (χ3v) is 5.45. The number of aryl methyl sites for hydroxylation is 1. The number of rotatable bonds is 5. The number of aromatic nitrogens is 1. The zero-order chi connectivity index (χ0) is 19.8. The zero-order valence-electron chi connectivity index (χ0n) is 14.8. The molecule has 1 aromatic carbocycles. The van der Waals surface area contributed by atoms with E-state index in [0.29, 0.717) is 36.7 Å². The van der Waals surface area contributed by atoms with Gasteiger partial charge in [-0.05, 0) is 24.4 Å². The van der Waals surface area contributed by atoms with E-state index in [2.05, 4.69) is 4.98 Å². The largest absolute Gasteiger partial charge is 0.535 e. The van der Waals surface area contributed by atoms with E-state index in [9.17, 15) is 19.7 Å². The number of aromatic carboxylic acids is 1. The average molecular weight is 403 g/mol. The van der Waals surface area contributed by atoms with Crippen molar-refractivity contribution >= 4 is 35.5 Å². The van der Waals surface area contributed by atoms with E-state index in [1.807, 2.05) is 0 Å². The highest BCUT2D eigenvalue weighted by Gasteiger charge is 2.35. The number of thiazole rings is 1. The normalized spacial score (nSPS) is 16.2. The summed E-state index contributed by atoms with van der Waals surface area (Å²) in [6.07, 6.45) is 0.806. The highest BCUT2D eigenvalue weighted by atomic mass is 32.1. The number of nitrogen functional groups attached to an aromatic ring is 1. The summed E-state index contributed by atoms with van der Waals surface area (Å²) in [5.74, 6) is -0.948. The summed E-state index contributed by atoms with van der Waals surface area (Å²) in [4.78, 5) is 29.7. The summed E-state index contributed by atoms with van der Waals surface area (Å²) >= 11 is 1.29. The van der Waals surface area contributed by atoms with Crippen molar-refractivity contribution in [2.45, 2.75) is 25.3 Å². The molecule has 1 fully saturated rings. The van der Waals surface area contributed by atoms with Crippen molar-refractivity contribution in [3.63, 3.8) is 0 Å². The number of hydrogen-bond donors (Lipinski definition) is 3. The predicted octanol–water partition coefficient (Wildman–Crippen LogP) is 0.671. The number of nitrogens with zero attached hydrogens (tertiary/aromatic N) is 2. The number of likely N-dealkylation sites (tertiary alicyclic amines) is 1. The van der Waals surface area contributed by atoms with Crippen molar-refractivity contribution in [3.8, 4) is 11.5 Å². The zero-order valence-corrected chi connectivity index (χ0v) is 15.6. The number of carbonyl (C=O) groups excluding carboxylic acids is 1. The summed E-state index contributed by atoms with van der Waals surface area (Å²) in [6.45, 7) is 0.718. The number of nitrogens with two attached hydrogens (primary N) is 1. The topological polar surface area (TPSA) is 135 Å². The van der Waals surface area contributed by atoms with E-state index in [1.165, 1.54) is 11.3 Å². The molecule has 1 amide bonds. The standard InChI is InChI=1S/C17H18BN3O6S/c19-17-20-10(8-28-17)5-13(22)21-6-11(7-21)26-12-2-1-9-3-4-18(25)27-15(9)14(12)16(23)24/h1-2,8,11,25H,3-7H2,(H2,19,20)(H,23,24). The number of carbonyl (C=O) groups is 2. The van der Waals surface area contributed by atoms with Gasteiger partial charge in [-0.25, -0.2) is 9.78 Å². The van der Waals surface area contributed by atoms with Gasteiger partial charge in [0.2, 0.25) is 5.91 Å². The van der Waals surface area contributed by atoms with Crippen LogP contribution in [0.3, 0.4) is 0 Å². The van der Waals surface area contributed by atoms with Gasteiger partial charge in [0.25, 0.3) is 0 Å². The lowest BCUT2D eigenvalue weighted by atomic mass is 9.78. The van der Waals surface area contributed by atoms with Crippen LogP contribution in [0.2, 0.25) is 6.32 Å². The van der Waals surface area contributed by atoms with Crippen molar-refractivity contribution in [1.29, 1.82) is 0 Å². The first kappa shape index (κ1) is 18.6. The molecule has 3 heterocycles. The molecule has 0 aliphatic carbocycles. The van der Waals surface area contributed by atoms with Gasteiger partial charge in [0.15, 0.2) is 5.13 Å². The van der Waals surface area contributed by atoms with Gasteiger partial charge >= 0.3 is 13.1 Å². The number of anilines is 1. The third kappa shape index (κ3) is 3.63. The number of benzene rings is 1. The van der Waals surface area contributed by atoms with E-state index >= 15 is 0 Å². The Morgan fingerprint density at radius 3 is 2.89 bits per heavy atom. The number of ether oxygens (including phenoxy) is 1. The maximum atomic E-state index is 12.3. The second-order valence-corrected chi connectivity index (χ2v) is 7.63. The molecule has 0 saturated carbocycles. The number of carboxylic acids is 1. The van der Waals surface area contributed by atoms with E-state index in [4.69, 9.17) is 15.1 Å². The van der Waals surface area contributed by atoms with Crippen LogP contribution in [0, 0.1) is 0 Å². The van der Waals surface area contributed by atoms with Crippen molar-refractivity contribution in [1.82, 2.24) is 9.88 Å². The molecule has 9 nitrogen and oxygen atoms in total. The first-order valence-corrected chi connectivity index (χ1v) is 9.67. The van der Waals surface area contributed by atoms with Crippen LogP contribution in [-0.4, -0.2) is 58.2 Å². The Morgan fingerprint density at radius 2 is 2.21 bits per heavy atom. The van der Waals surface area contributed by atoms with Crippen molar-refractivity contribution in [3.05, 3.63) is 34.3 Å². The molecule has 2 aromatic rings. The molecule has 0 spiro atoms. The molecule has 4 rings (SSSR count). The third-order valence-electron chi connectivity index (χ3n) is 4.73.